The Hall–Kier alpha value is -3.78. The lowest BCUT2D eigenvalue weighted by molar-refractivity contribution is 0.222. The molecule has 2 aliphatic heterocycles. The van der Waals surface area contributed by atoms with Crippen molar-refractivity contribution in [2.24, 2.45) is 0 Å². The summed E-state index contributed by atoms with van der Waals surface area (Å²) >= 11 is 1.49. The quantitative estimate of drug-likeness (QED) is 0.356. The van der Waals surface area contributed by atoms with Crippen molar-refractivity contribution < 1.29 is 13.9 Å². The largest absolute Gasteiger partial charge is 0.497 e. The number of benzene rings is 3. The number of rotatable bonds is 4. The maximum Gasteiger partial charge on any atom is 0.227 e. The lowest BCUT2D eigenvalue weighted by Gasteiger charge is -2.39. The van der Waals surface area contributed by atoms with Gasteiger partial charge in [-0.25, -0.2) is 9.07 Å². The minimum absolute atomic E-state index is 0.286. The second kappa shape index (κ2) is 8.46. The van der Waals surface area contributed by atoms with E-state index in [1.807, 2.05) is 47.3 Å². The fourth-order valence-corrected chi connectivity index (χ4v) is 5.08. The normalized spacial score (nSPS) is 18.2. The number of thioether (sulfide) groups is 1. The average Bonchev–Trinajstić information content (AvgIpc) is 3.31. The minimum atomic E-state index is -0.449. The summed E-state index contributed by atoms with van der Waals surface area (Å²) in [4.78, 5) is 4.73. The molecule has 6 rings (SSSR count). The van der Waals surface area contributed by atoms with E-state index >= 15 is 0 Å². The summed E-state index contributed by atoms with van der Waals surface area (Å²) in [6, 6.07) is 20.3. The maximum atomic E-state index is 13.8. The van der Waals surface area contributed by atoms with E-state index in [0.29, 0.717) is 11.1 Å². The summed E-state index contributed by atoms with van der Waals surface area (Å²) in [5.74, 6) is 1.92. The van der Waals surface area contributed by atoms with Crippen LogP contribution < -0.4 is 14.8 Å². The minimum Gasteiger partial charge on any atom is -0.497 e. The number of anilines is 1. The lowest BCUT2D eigenvalue weighted by atomic mass is 9.84. The molecule has 1 N–H and O–H groups in total. The Morgan fingerprint density at radius 1 is 1.03 bits per heavy atom. The van der Waals surface area contributed by atoms with Crippen molar-refractivity contribution in [3.05, 3.63) is 100 Å². The number of nitrogens with one attached hydrogen (secondary N) is 1. The summed E-state index contributed by atoms with van der Waals surface area (Å²) in [6.07, 6.45) is 1.51. The van der Waals surface area contributed by atoms with E-state index in [1.54, 1.807) is 19.2 Å². The molecule has 0 aliphatic carbocycles. The van der Waals surface area contributed by atoms with Crippen LogP contribution in [-0.4, -0.2) is 28.1 Å². The van der Waals surface area contributed by atoms with Gasteiger partial charge < -0.3 is 14.8 Å². The zero-order valence-corrected chi connectivity index (χ0v) is 20.3. The molecule has 0 unspecified atom stereocenters. The molecule has 176 valence electrons. The lowest BCUT2D eigenvalue weighted by Crippen LogP contribution is -2.32. The first-order valence-corrected chi connectivity index (χ1v) is 12.5. The third-order valence-electron chi connectivity index (χ3n) is 6.40. The molecule has 0 radical (unpaired) electrons. The highest BCUT2D eigenvalue weighted by molar-refractivity contribution is 7.98. The molecule has 0 fully saturated rings. The molecule has 0 bridgehead atoms. The molecule has 0 saturated heterocycles. The summed E-state index contributed by atoms with van der Waals surface area (Å²) in [7, 11) is 1.65. The zero-order valence-electron chi connectivity index (χ0n) is 19.4. The van der Waals surface area contributed by atoms with Gasteiger partial charge in [-0.15, -0.1) is 5.10 Å². The van der Waals surface area contributed by atoms with Crippen molar-refractivity contribution in [3.63, 3.8) is 0 Å². The number of fused-ring (bicyclic) bond motifs is 3. The van der Waals surface area contributed by atoms with E-state index in [2.05, 4.69) is 18.3 Å². The smallest absolute Gasteiger partial charge is 0.227 e. The van der Waals surface area contributed by atoms with Gasteiger partial charge in [-0.1, -0.05) is 47.7 Å². The van der Waals surface area contributed by atoms with Crippen LogP contribution >= 0.6 is 11.8 Å². The number of methoxy groups -OCH3 is 1. The fraction of sp³-hybridized carbons (Fsp3) is 0.185. The highest BCUT2D eigenvalue weighted by atomic mass is 32.2. The SMILES string of the molecule is COc1ccc([C@H]2C3=C(Nc4nc(SC)nn42)c2cc(C)ccc2O[C@H]3c2ccc(F)cc2)cc1. The van der Waals surface area contributed by atoms with Crippen LogP contribution in [0.3, 0.4) is 0 Å². The van der Waals surface area contributed by atoms with Crippen LogP contribution in [0.25, 0.3) is 5.70 Å². The molecule has 2 aliphatic rings. The first kappa shape index (κ1) is 21.7. The van der Waals surface area contributed by atoms with Crippen molar-refractivity contribution >= 4 is 23.4 Å². The topological polar surface area (TPSA) is 61.2 Å². The highest BCUT2D eigenvalue weighted by Crippen LogP contribution is 2.51. The van der Waals surface area contributed by atoms with Gasteiger partial charge in [0.05, 0.1) is 12.8 Å². The van der Waals surface area contributed by atoms with Crippen LogP contribution in [0.5, 0.6) is 11.5 Å². The number of hydrogen-bond acceptors (Lipinski definition) is 6. The summed E-state index contributed by atoms with van der Waals surface area (Å²) in [5.41, 5.74) is 5.91. The molecular formula is C27H23FN4O2S. The molecule has 3 aromatic carbocycles. The Morgan fingerprint density at radius 3 is 2.49 bits per heavy atom. The van der Waals surface area contributed by atoms with Gasteiger partial charge in [0.2, 0.25) is 11.1 Å². The van der Waals surface area contributed by atoms with Crippen molar-refractivity contribution in [2.75, 3.05) is 18.7 Å². The second-order valence-electron chi connectivity index (χ2n) is 8.55. The van der Waals surface area contributed by atoms with Gasteiger partial charge >= 0.3 is 0 Å². The number of aromatic nitrogens is 3. The third-order valence-corrected chi connectivity index (χ3v) is 6.93. The fourth-order valence-electron chi connectivity index (χ4n) is 4.73. The second-order valence-corrected chi connectivity index (χ2v) is 9.32. The predicted octanol–water partition coefficient (Wildman–Crippen LogP) is 6.02. The number of halogens is 1. The van der Waals surface area contributed by atoms with Gasteiger partial charge in [-0.05, 0) is 60.7 Å². The van der Waals surface area contributed by atoms with Crippen molar-refractivity contribution in [1.29, 1.82) is 0 Å². The van der Waals surface area contributed by atoms with Crippen LogP contribution in [0.1, 0.15) is 34.4 Å². The highest BCUT2D eigenvalue weighted by Gasteiger charge is 2.41. The van der Waals surface area contributed by atoms with E-state index < -0.39 is 6.10 Å². The number of hydrogen-bond donors (Lipinski definition) is 1. The van der Waals surface area contributed by atoms with E-state index in [4.69, 9.17) is 19.6 Å². The van der Waals surface area contributed by atoms with Crippen molar-refractivity contribution in [1.82, 2.24) is 14.8 Å². The molecule has 0 saturated carbocycles. The van der Waals surface area contributed by atoms with Crippen molar-refractivity contribution in [2.45, 2.75) is 24.2 Å². The average molecular weight is 487 g/mol. The molecule has 3 heterocycles. The van der Waals surface area contributed by atoms with Crippen molar-refractivity contribution in [3.8, 4) is 11.5 Å². The Bertz CT molecular complexity index is 1450. The molecule has 1 aromatic heterocycles. The van der Waals surface area contributed by atoms with Gasteiger partial charge in [0.1, 0.15) is 29.5 Å². The third kappa shape index (κ3) is 3.65. The molecule has 0 spiro atoms. The zero-order chi connectivity index (χ0) is 24.1. The number of ether oxygens (including phenoxy) is 2. The van der Waals surface area contributed by atoms with Crippen LogP contribution in [0.2, 0.25) is 0 Å². The summed E-state index contributed by atoms with van der Waals surface area (Å²) < 4.78 is 27.7. The van der Waals surface area contributed by atoms with Crippen LogP contribution in [0, 0.1) is 12.7 Å². The van der Waals surface area contributed by atoms with Gasteiger partial charge in [-0.3, -0.25) is 0 Å². The molecular weight excluding hydrogens is 463 g/mol. The standard InChI is InChI=1S/C27H23FN4O2S/c1-15-4-13-21-20(14-15)23-22(25(34-21)17-5-9-18(28)10-6-17)24(16-7-11-19(33-2)12-8-16)32-26(29-23)30-27(31-32)35-3/h4-14,24-25H,1-3H3,(H,29,30,31)/t24-,25-/m0/s1. The maximum absolute atomic E-state index is 13.8. The van der Waals surface area contributed by atoms with Gasteiger partial charge in [0.15, 0.2) is 0 Å². The van der Waals surface area contributed by atoms with E-state index in [1.165, 1.54) is 23.9 Å². The van der Waals surface area contributed by atoms with Gasteiger partial charge in [0.25, 0.3) is 0 Å². The summed E-state index contributed by atoms with van der Waals surface area (Å²) in [5, 5.41) is 9.02. The molecule has 6 nitrogen and oxygen atoms in total. The Kier molecular flexibility index (Phi) is 5.25. The first-order chi connectivity index (χ1) is 17.1. The molecule has 35 heavy (non-hydrogen) atoms. The Labute approximate surface area is 206 Å². The van der Waals surface area contributed by atoms with Crippen LogP contribution in [0.4, 0.5) is 10.3 Å². The van der Waals surface area contributed by atoms with Gasteiger partial charge in [-0.2, -0.15) is 4.98 Å². The Balaban J connectivity index is 1.62. The van der Waals surface area contributed by atoms with E-state index in [0.717, 1.165) is 45.0 Å². The van der Waals surface area contributed by atoms with Crippen LogP contribution in [0.15, 0.2) is 77.5 Å². The molecule has 4 aromatic rings. The predicted molar refractivity (Wildman–Crippen MR) is 134 cm³/mol. The number of nitrogens with zero attached hydrogens (tertiary/aromatic N) is 3. The van der Waals surface area contributed by atoms with Gasteiger partial charge in [0, 0.05) is 11.1 Å². The van der Waals surface area contributed by atoms with E-state index in [-0.39, 0.29) is 11.9 Å². The van der Waals surface area contributed by atoms with Crippen LogP contribution in [-0.2, 0) is 0 Å². The first-order valence-electron chi connectivity index (χ1n) is 11.2. The van der Waals surface area contributed by atoms with E-state index in [9.17, 15) is 4.39 Å². The molecule has 0 amide bonds. The number of aryl methyl sites for hydroxylation is 1. The molecule has 8 heteroatoms. The monoisotopic (exact) mass is 486 g/mol. The summed E-state index contributed by atoms with van der Waals surface area (Å²) in [6.45, 7) is 2.06. The Morgan fingerprint density at radius 2 is 1.77 bits per heavy atom. The molecule has 2 atom stereocenters.